The average Bonchev–Trinajstić information content (AvgIpc) is 1.50. The molecule has 0 atom stereocenters. The zero-order valence-corrected chi connectivity index (χ0v) is 9.29. The van der Waals surface area contributed by atoms with E-state index in [2.05, 4.69) is 23.7 Å². The summed E-state index contributed by atoms with van der Waals surface area (Å²) in [5.41, 5.74) is 0. The summed E-state index contributed by atoms with van der Waals surface area (Å²) in [7, 11) is 0. The molecule has 0 aliphatic carbocycles. The normalized spacial score (nSPS) is 2.40. The fourth-order valence-electron chi connectivity index (χ4n) is 0. The zero-order valence-electron chi connectivity index (χ0n) is 2.28. The summed E-state index contributed by atoms with van der Waals surface area (Å²) >= 11 is 6.78. The Morgan fingerprint density at radius 3 is 0.800 bits per heavy atom. The van der Waals surface area contributed by atoms with Gasteiger partial charge in [0.1, 0.15) is 0 Å². The van der Waals surface area contributed by atoms with Crippen molar-refractivity contribution in [3.05, 3.63) is 0 Å². The molecule has 5 heteroatoms. The first-order valence-electron chi connectivity index (χ1n) is 0.309. The summed E-state index contributed by atoms with van der Waals surface area (Å²) in [6.07, 6.45) is 0. The van der Waals surface area contributed by atoms with Crippen LogP contribution in [0.25, 0.3) is 0 Å². The van der Waals surface area contributed by atoms with E-state index in [1.807, 2.05) is 0 Å². The standard InChI is InChI=1S/2ClO.Hg/c2*1-2;/q2*-1;+2. The van der Waals surface area contributed by atoms with Crippen LogP contribution in [0.4, 0.5) is 0 Å². The van der Waals surface area contributed by atoms with E-state index >= 15 is 0 Å². The van der Waals surface area contributed by atoms with Crippen LogP contribution < -0.4 is 9.32 Å². The molecule has 0 aliphatic heterocycles. The molecule has 0 unspecified atom stereocenters. The van der Waals surface area contributed by atoms with Crippen molar-refractivity contribution in [1.29, 1.82) is 0 Å². The third-order valence-electron chi connectivity index (χ3n) is 0. The molecule has 0 saturated heterocycles. The van der Waals surface area contributed by atoms with Gasteiger partial charge in [-0.2, -0.15) is 0 Å². The SMILES string of the molecule is [Hg+2].[O-]Cl.[O-]Cl. The van der Waals surface area contributed by atoms with Gasteiger partial charge >= 0.3 is 27.7 Å². The predicted molar refractivity (Wildman–Crippen MR) is 11.7 cm³/mol. The molecule has 28 valence electrons. The van der Waals surface area contributed by atoms with Gasteiger partial charge in [0.15, 0.2) is 0 Å². The Hall–Kier alpha value is 1.44. The van der Waals surface area contributed by atoms with Crippen LogP contribution in [-0.4, -0.2) is 0 Å². The summed E-state index contributed by atoms with van der Waals surface area (Å²) in [4.78, 5) is 0. The molecule has 0 radical (unpaired) electrons. The average molecular weight is 303 g/mol. The van der Waals surface area contributed by atoms with E-state index in [-0.39, 0.29) is 27.7 Å². The molecule has 0 aromatic heterocycles. The van der Waals surface area contributed by atoms with Crippen LogP contribution in [0.2, 0.25) is 0 Å². The Kier molecular flexibility index (Phi) is 167. The van der Waals surface area contributed by atoms with E-state index < -0.39 is 0 Å². The van der Waals surface area contributed by atoms with Gasteiger partial charge in [0.2, 0.25) is 0 Å². The zero-order chi connectivity index (χ0) is 4.00. The molecule has 5 heavy (non-hydrogen) atoms. The van der Waals surface area contributed by atoms with Crippen LogP contribution in [-0.2, 0) is 27.7 Å². The first-order valence-corrected chi connectivity index (χ1v) is 0.926. The van der Waals surface area contributed by atoms with Crippen LogP contribution in [0.5, 0.6) is 0 Å². The van der Waals surface area contributed by atoms with Gasteiger partial charge in [-0.3, -0.25) is 0 Å². The third kappa shape index (κ3) is 31.1. The van der Waals surface area contributed by atoms with Crippen molar-refractivity contribution in [2.45, 2.75) is 0 Å². The smallest absolute Gasteiger partial charge is 0.769 e. The summed E-state index contributed by atoms with van der Waals surface area (Å²) < 4.78 is 15.4. The fourth-order valence-corrected chi connectivity index (χ4v) is 0. The molecule has 0 heterocycles. The Morgan fingerprint density at radius 2 is 0.800 bits per heavy atom. The molecule has 0 aromatic carbocycles. The molecule has 0 bridgehead atoms. The van der Waals surface area contributed by atoms with Crippen molar-refractivity contribution >= 4 is 23.7 Å². The summed E-state index contributed by atoms with van der Waals surface area (Å²) in [5, 5.41) is 0. The van der Waals surface area contributed by atoms with E-state index in [1.165, 1.54) is 0 Å². The maximum atomic E-state index is 7.72. The minimum Gasteiger partial charge on any atom is -0.769 e. The Balaban J connectivity index is -0.0000000133. The molecule has 0 fully saturated rings. The molecule has 0 aromatic rings. The third-order valence-corrected chi connectivity index (χ3v) is 0. The minimum atomic E-state index is 0. The maximum absolute atomic E-state index is 7.72. The van der Waals surface area contributed by atoms with Crippen molar-refractivity contribution in [1.82, 2.24) is 0 Å². The summed E-state index contributed by atoms with van der Waals surface area (Å²) in [6, 6.07) is 0. The molecule has 0 saturated carbocycles. The van der Waals surface area contributed by atoms with Crippen LogP contribution in [0.1, 0.15) is 0 Å². The molecule has 0 amide bonds. The second kappa shape index (κ2) is 51.9. The first-order chi connectivity index (χ1) is 2.00. The van der Waals surface area contributed by atoms with E-state index in [4.69, 9.17) is 9.32 Å². The second-order valence-corrected chi connectivity index (χ2v) is 0. The Labute approximate surface area is 60.6 Å². The van der Waals surface area contributed by atoms with Crippen molar-refractivity contribution in [3.63, 3.8) is 0 Å². The van der Waals surface area contributed by atoms with Crippen molar-refractivity contribution in [2.75, 3.05) is 0 Å². The first kappa shape index (κ1) is 16.1. The number of hydrogen-bond acceptors (Lipinski definition) is 2. The molecule has 0 aliphatic rings. The van der Waals surface area contributed by atoms with Crippen LogP contribution in [0.15, 0.2) is 0 Å². The summed E-state index contributed by atoms with van der Waals surface area (Å²) in [6.45, 7) is 0. The van der Waals surface area contributed by atoms with Gasteiger partial charge in [-0.15, -0.1) is 0 Å². The number of halogens is 2. The Morgan fingerprint density at radius 1 is 0.800 bits per heavy atom. The van der Waals surface area contributed by atoms with Gasteiger partial charge in [-0.05, 0) is 0 Å². The van der Waals surface area contributed by atoms with Crippen LogP contribution in [0, 0.1) is 0 Å². The van der Waals surface area contributed by atoms with E-state index in [0.29, 0.717) is 0 Å². The van der Waals surface area contributed by atoms with Gasteiger partial charge in [-0.25, -0.2) is 23.7 Å². The van der Waals surface area contributed by atoms with Gasteiger partial charge in [0.05, 0.1) is 0 Å². The maximum Gasteiger partial charge on any atom is 2.00 e. The van der Waals surface area contributed by atoms with Crippen molar-refractivity contribution in [3.8, 4) is 0 Å². The number of rotatable bonds is 0. The topological polar surface area (TPSA) is 46.1 Å². The van der Waals surface area contributed by atoms with Gasteiger partial charge < -0.3 is 9.32 Å². The monoisotopic (exact) mass is 304 g/mol. The minimum absolute atomic E-state index is 0. The molecule has 0 N–H and O–H groups in total. The molecule has 0 spiro atoms. The largest absolute Gasteiger partial charge is 2.00 e. The van der Waals surface area contributed by atoms with E-state index in [1.54, 1.807) is 0 Å². The van der Waals surface area contributed by atoms with Gasteiger partial charge in [0, 0.05) is 0 Å². The molecular weight excluding hydrogens is 303 g/mol. The summed E-state index contributed by atoms with van der Waals surface area (Å²) in [5.74, 6) is 0. The van der Waals surface area contributed by atoms with Crippen molar-refractivity contribution in [2.24, 2.45) is 0 Å². The van der Waals surface area contributed by atoms with Crippen LogP contribution in [0.3, 0.4) is 0 Å². The Bertz CT molecular complexity index is 7.61. The van der Waals surface area contributed by atoms with Gasteiger partial charge in [-0.1, -0.05) is 0 Å². The molecular formula is Cl2HgO2. The number of hydrogen-bond donors (Lipinski definition) is 0. The van der Waals surface area contributed by atoms with Crippen molar-refractivity contribution < 1.29 is 37.0 Å². The quantitative estimate of drug-likeness (QED) is 0.539. The molecule has 2 nitrogen and oxygen atoms in total. The van der Waals surface area contributed by atoms with E-state index in [0.717, 1.165) is 0 Å². The van der Waals surface area contributed by atoms with Gasteiger partial charge in [0.25, 0.3) is 0 Å². The fraction of sp³-hybridized carbons (Fsp3) is 0. The van der Waals surface area contributed by atoms with E-state index in [9.17, 15) is 0 Å². The second-order valence-electron chi connectivity index (χ2n) is 0. The van der Waals surface area contributed by atoms with Crippen LogP contribution >= 0.6 is 23.7 Å². The molecule has 0 rings (SSSR count). The predicted octanol–water partition coefficient (Wildman–Crippen LogP) is -1.00.